The standard InChI is InChI=1S/C15H25NOSi.C2H6/c1-14-7-11-5-12(8-14)15(10-16,13(6-11)9-14)17-18(2,3)4;1-2/h11-13H,5-9H2,1-4H3;1-2H3. The van der Waals surface area contributed by atoms with Gasteiger partial charge in [-0.05, 0) is 63.1 Å². The summed E-state index contributed by atoms with van der Waals surface area (Å²) in [4.78, 5) is 0. The smallest absolute Gasteiger partial charge is 0.185 e. The van der Waals surface area contributed by atoms with Gasteiger partial charge in [0.2, 0.25) is 0 Å². The van der Waals surface area contributed by atoms with Crippen molar-refractivity contribution >= 4 is 8.32 Å². The van der Waals surface area contributed by atoms with Gasteiger partial charge in [0.1, 0.15) is 5.60 Å². The van der Waals surface area contributed by atoms with Gasteiger partial charge in [-0.3, -0.25) is 0 Å². The van der Waals surface area contributed by atoms with Crippen LogP contribution in [0.3, 0.4) is 0 Å². The van der Waals surface area contributed by atoms with Gasteiger partial charge in [-0.25, -0.2) is 0 Å². The molecular weight excluding hydrogens is 262 g/mol. The lowest BCUT2D eigenvalue weighted by atomic mass is 9.45. The summed E-state index contributed by atoms with van der Waals surface area (Å²) in [6, 6.07) is 2.65. The van der Waals surface area contributed by atoms with Gasteiger partial charge in [-0.15, -0.1) is 0 Å². The molecule has 0 N–H and O–H groups in total. The second-order valence-electron chi connectivity index (χ2n) is 8.27. The van der Waals surface area contributed by atoms with E-state index in [2.05, 4.69) is 32.6 Å². The fraction of sp³-hybridized carbons (Fsp3) is 0.941. The lowest BCUT2D eigenvalue weighted by Gasteiger charge is -2.63. The van der Waals surface area contributed by atoms with Gasteiger partial charge >= 0.3 is 0 Å². The molecule has 2 unspecified atom stereocenters. The summed E-state index contributed by atoms with van der Waals surface area (Å²) in [6.07, 6.45) is 6.32. The molecule has 4 rings (SSSR count). The van der Waals surface area contributed by atoms with E-state index in [1.165, 1.54) is 32.1 Å². The Morgan fingerprint density at radius 2 is 1.55 bits per heavy atom. The first-order valence-corrected chi connectivity index (χ1v) is 11.8. The summed E-state index contributed by atoms with van der Waals surface area (Å²) >= 11 is 0. The van der Waals surface area contributed by atoms with Crippen molar-refractivity contribution in [2.75, 3.05) is 0 Å². The van der Waals surface area contributed by atoms with Crippen LogP contribution in [0.1, 0.15) is 52.9 Å². The fourth-order valence-electron chi connectivity index (χ4n) is 5.24. The number of nitriles is 1. The molecule has 2 atom stereocenters. The second-order valence-corrected chi connectivity index (χ2v) is 12.7. The number of hydrogen-bond donors (Lipinski definition) is 0. The molecule has 0 amide bonds. The van der Waals surface area contributed by atoms with Crippen LogP contribution in [0.25, 0.3) is 0 Å². The van der Waals surface area contributed by atoms with Gasteiger partial charge < -0.3 is 4.43 Å². The highest BCUT2D eigenvalue weighted by atomic mass is 28.4. The molecule has 3 heteroatoms. The first-order chi connectivity index (χ1) is 9.26. The van der Waals surface area contributed by atoms with E-state index in [9.17, 15) is 5.26 Å². The molecule has 4 fully saturated rings. The predicted octanol–water partition coefficient (Wildman–Crippen LogP) is 4.97. The maximum absolute atomic E-state index is 9.84. The van der Waals surface area contributed by atoms with Gasteiger partial charge in [0.25, 0.3) is 0 Å². The normalized spacial score (nSPS) is 45.5. The Kier molecular flexibility index (Phi) is 4.12. The maximum atomic E-state index is 9.84. The highest BCUT2D eigenvalue weighted by Crippen LogP contribution is 2.64. The molecule has 4 aliphatic carbocycles. The summed E-state index contributed by atoms with van der Waals surface area (Å²) in [5.74, 6) is 1.88. The zero-order valence-corrected chi connectivity index (χ0v) is 15.1. The van der Waals surface area contributed by atoms with Gasteiger partial charge in [0, 0.05) is 11.8 Å². The van der Waals surface area contributed by atoms with Crippen LogP contribution in [0, 0.1) is 34.5 Å². The van der Waals surface area contributed by atoms with Crippen molar-refractivity contribution in [2.45, 2.75) is 78.1 Å². The molecule has 20 heavy (non-hydrogen) atoms. The number of rotatable bonds is 2. The molecule has 0 aromatic heterocycles. The van der Waals surface area contributed by atoms with Crippen molar-refractivity contribution in [2.24, 2.45) is 23.2 Å². The molecule has 2 nitrogen and oxygen atoms in total. The summed E-state index contributed by atoms with van der Waals surface area (Å²) in [5, 5.41) is 9.84. The molecule has 4 saturated carbocycles. The quantitative estimate of drug-likeness (QED) is 0.673. The second kappa shape index (κ2) is 5.14. The summed E-state index contributed by atoms with van der Waals surface area (Å²) in [7, 11) is -1.66. The van der Waals surface area contributed by atoms with E-state index in [4.69, 9.17) is 4.43 Å². The third-order valence-electron chi connectivity index (χ3n) is 5.36. The predicted molar refractivity (Wildman–Crippen MR) is 85.8 cm³/mol. The summed E-state index contributed by atoms with van der Waals surface area (Å²) < 4.78 is 6.47. The van der Waals surface area contributed by atoms with Crippen molar-refractivity contribution in [1.82, 2.24) is 0 Å². The third-order valence-corrected chi connectivity index (χ3v) is 6.31. The van der Waals surface area contributed by atoms with Crippen LogP contribution in [-0.4, -0.2) is 13.9 Å². The SMILES string of the molecule is CC.CC12CC3CC(C1)C(C#N)(O[Si](C)(C)C)C(C3)C2. The van der Waals surface area contributed by atoms with Crippen LogP contribution in [0.4, 0.5) is 0 Å². The maximum Gasteiger partial charge on any atom is 0.185 e. The molecule has 0 aromatic rings. The minimum atomic E-state index is -1.66. The Morgan fingerprint density at radius 1 is 1.05 bits per heavy atom. The van der Waals surface area contributed by atoms with E-state index in [0.717, 1.165) is 5.92 Å². The molecule has 0 spiro atoms. The van der Waals surface area contributed by atoms with Crippen LogP contribution in [0.15, 0.2) is 0 Å². The molecular formula is C17H31NOSi. The lowest BCUT2D eigenvalue weighted by molar-refractivity contribution is -0.157. The average molecular weight is 294 g/mol. The first kappa shape index (κ1) is 16.0. The molecule has 4 aliphatic rings. The molecule has 114 valence electrons. The van der Waals surface area contributed by atoms with E-state index >= 15 is 0 Å². The Morgan fingerprint density at radius 3 is 1.90 bits per heavy atom. The minimum absolute atomic E-state index is 0.430. The largest absolute Gasteiger partial charge is 0.399 e. The van der Waals surface area contributed by atoms with E-state index in [-0.39, 0.29) is 0 Å². The minimum Gasteiger partial charge on any atom is -0.399 e. The third kappa shape index (κ3) is 2.57. The number of hydrogen-bond acceptors (Lipinski definition) is 2. The highest BCUT2D eigenvalue weighted by molar-refractivity contribution is 6.69. The molecule has 4 bridgehead atoms. The van der Waals surface area contributed by atoms with Crippen molar-refractivity contribution in [1.29, 1.82) is 5.26 Å². The van der Waals surface area contributed by atoms with E-state index in [0.29, 0.717) is 17.3 Å². The first-order valence-electron chi connectivity index (χ1n) is 8.38. The van der Waals surface area contributed by atoms with Crippen molar-refractivity contribution in [3.63, 3.8) is 0 Å². The van der Waals surface area contributed by atoms with Crippen LogP contribution in [-0.2, 0) is 4.43 Å². The molecule has 0 aromatic carbocycles. The van der Waals surface area contributed by atoms with Crippen LogP contribution in [0.5, 0.6) is 0 Å². The van der Waals surface area contributed by atoms with Crippen molar-refractivity contribution in [3.05, 3.63) is 0 Å². The Balaban J connectivity index is 0.000000704. The lowest BCUT2D eigenvalue weighted by Crippen LogP contribution is -2.63. The van der Waals surface area contributed by atoms with Gasteiger partial charge in [0.05, 0.1) is 6.07 Å². The van der Waals surface area contributed by atoms with E-state index in [1.54, 1.807) is 0 Å². The monoisotopic (exact) mass is 293 g/mol. The van der Waals surface area contributed by atoms with Crippen LogP contribution in [0.2, 0.25) is 19.6 Å². The fourth-order valence-corrected chi connectivity index (χ4v) is 6.63. The van der Waals surface area contributed by atoms with Crippen LogP contribution < -0.4 is 0 Å². The zero-order chi connectivity index (χ0) is 15.2. The van der Waals surface area contributed by atoms with Gasteiger partial charge in [-0.2, -0.15) is 5.26 Å². The highest BCUT2D eigenvalue weighted by Gasteiger charge is 2.62. The Labute approximate surface area is 126 Å². The summed E-state index contributed by atoms with van der Waals surface area (Å²) in [5.41, 5.74) is 0.0839. The van der Waals surface area contributed by atoms with E-state index in [1.807, 2.05) is 13.8 Å². The summed E-state index contributed by atoms with van der Waals surface area (Å²) in [6.45, 7) is 13.1. The van der Waals surface area contributed by atoms with Crippen LogP contribution >= 0.6 is 0 Å². The van der Waals surface area contributed by atoms with Gasteiger partial charge in [0.15, 0.2) is 8.32 Å². The van der Waals surface area contributed by atoms with E-state index < -0.39 is 13.9 Å². The molecule has 0 saturated heterocycles. The average Bonchev–Trinajstić information content (AvgIpc) is 2.33. The zero-order valence-electron chi connectivity index (χ0n) is 14.1. The molecule has 0 radical (unpaired) electrons. The number of nitrogens with zero attached hydrogens (tertiary/aromatic N) is 1. The Bertz CT molecular complexity index is 390. The van der Waals surface area contributed by atoms with Crippen molar-refractivity contribution < 1.29 is 4.43 Å². The molecule has 0 heterocycles. The topological polar surface area (TPSA) is 33.0 Å². The molecule has 0 aliphatic heterocycles. The van der Waals surface area contributed by atoms with Gasteiger partial charge in [-0.1, -0.05) is 20.8 Å². The Hall–Kier alpha value is -0.333. The van der Waals surface area contributed by atoms with Crippen molar-refractivity contribution in [3.8, 4) is 6.07 Å².